The predicted molar refractivity (Wildman–Crippen MR) is 67.1 cm³/mol. The zero-order chi connectivity index (χ0) is 9.14. The molecule has 0 spiro atoms. The minimum atomic E-state index is 0. The first kappa shape index (κ1) is 14.3. The molecule has 0 aromatic carbocycles. The van der Waals surface area contributed by atoms with Crippen molar-refractivity contribution in [2.24, 2.45) is 0 Å². The molecule has 1 fully saturated rings. The van der Waals surface area contributed by atoms with Gasteiger partial charge in [0.15, 0.2) is 0 Å². The van der Waals surface area contributed by atoms with Gasteiger partial charge in [-0.2, -0.15) is 4.58 Å². The van der Waals surface area contributed by atoms with Crippen molar-refractivity contribution in [1.82, 2.24) is 0 Å². The third-order valence-electron chi connectivity index (χ3n) is 1.86. The number of nitrogens with zero attached hydrogens (tertiary/aromatic N) is 2. The minimum absolute atomic E-state index is 0. The first-order chi connectivity index (χ1) is 5.61. The fourth-order valence-electron chi connectivity index (χ4n) is 1.12. The molecule has 77 valence electrons. The molecule has 13 heavy (non-hydrogen) atoms. The summed E-state index contributed by atoms with van der Waals surface area (Å²) >= 11 is 15.9. The Hall–Kier alpha value is 1.26. The molecule has 1 saturated heterocycles. The van der Waals surface area contributed by atoms with E-state index in [4.69, 9.17) is 0 Å². The van der Waals surface area contributed by atoms with Crippen molar-refractivity contribution < 1.29 is 26.2 Å². The number of hydrogen-bond acceptors (Lipinski definition) is 0. The topological polar surface area (TPSA) is 6.02 Å². The van der Waals surface area contributed by atoms with E-state index in [0.717, 1.165) is 34.9 Å². The van der Waals surface area contributed by atoms with Crippen LogP contribution >= 0.6 is 37.9 Å². The van der Waals surface area contributed by atoms with E-state index in [2.05, 4.69) is 59.7 Å². The number of rotatable bonds is 0. The maximum absolute atomic E-state index is 4.22. The van der Waals surface area contributed by atoms with Gasteiger partial charge in [0.2, 0.25) is 26.2 Å². The number of piperazine rings is 1. The van der Waals surface area contributed by atoms with Gasteiger partial charge in [-0.15, -0.1) is 0 Å². The molecular formula is C6H13CuN2S4+5. The van der Waals surface area contributed by atoms with Crippen molar-refractivity contribution in [2.75, 3.05) is 26.2 Å². The first-order valence-electron chi connectivity index (χ1n) is 3.63. The fraction of sp³-hybridized carbons (Fsp3) is 0.667. The fourth-order valence-corrected chi connectivity index (χ4v) is 1.94. The SMILES string of the molecule is SC(S)=[N+]1CC[N+](=C(S)[SH2+])CC1.[Cu+2]. The average Bonchev–Trinajstić information content (AvgIpc) is 2.04. The Balaban J connectivity index is 0.00000144. The van der Waals surface area contributed by atoms with Gasteiger partial charge in [-0.1, -0.05) is 25.3 Å². The van der Waals surface area contributed by atoms with E-state index >= 15 is 0 Å². The summed E-state index contributed by atoms with van der Waals surface area (Å²) < 4.78 is 5.99. The summed E-state index contributed by atoms with van der Waals surface area (Å²) in [5.41, 5.74) is 0. The third-order valence-corrected chi connectivity index (χ3v) is 3.03. The zero-order valence-corrected chi connectivity index (χ0v) is 11.5. The van der Waals surface area contributed by atoms with E-state index in [1.165, 1.54) is 0 Å². The summed E-state index contributed by atoms with van der Waals surface area (Å²) in [5.74, 6) is 0. The number of hydrogen-bond donors (Lipinski definition) is 3. The monoisotopic (exact) mass is 304 g/mol. The minimum Gasteiger partial charge on any atom is -0.206 e. The molecule has 0 unspecified atom stereocenters. The molecule has 0 bridgehead atoms. The Kier molecular flexibility index (Phi) is 7.34. The van der Waals surface area contributed by atoms with E-state index in [-0.39, 0.29) is 17.1 Å². The van der Waals surface area contributed by atoms with E-state index in [1.54, 1.807) is 0 Å². The van der Waals surface area contributed by atoms with Gasteiger partial charge in [0.25, 0.3) is 4.38 Å². The van der Waals surface area contributed by atoms with Gasteiger partial charge in [0.05, 0.1) is 12.6 Å². The van der Waals surface area contributed by atoms with Gasteiger partial charge in [-0.05, 0) is 12.6 Å². The van der Waals surface area contributed by atoms with Crippen molar-refractivity contribution in [3.63, 3.8) is 0 Å². The van der Waals surface area contributed by atoms with Crippen LogP contribution in [0.2, 0.25) is 0 Å². The molecule has 0 aromatic heterocycles. The number of thiol groups is 3. The van der Waals surface area contributed by atoms with Gasteiger partial charge < -0.3 is 0 Å². The van der Waals surface area contributed by atoms with Crippen LogP contribution in [0.15, 0.2) is 0 Å². The molecule has 0 amide bonds. The summed E-state index contributed by atoms with van der Waals surface area (Å²) in [7, 11) is 0. The second-order valence-corrected chi connectivity index (χ2v) is 5.12. The molecule has 0 aromatic rings. The largest absolute Gasteiger partial charge is 2.00 e. The van der Waals surface area contributed by atoms with Crippen LogP contribution in [-0.4, -0.2) is 44.1 Å². The van der Waals surface area contributed by atoms with E-state index in [1.807, 2.05) is 0 Å². The Morgan fingerprint density at radius 3 is 1.62 bits per heavy atom. The second-order valence-electron chi connectivity index (χ2n) is 2.60. The van der Waals surface area contributed by atoms with Crippen molar-refractivity contribution in [1.29, 1.82) is 0 Å². The Bertz CT molecular complexity index is 205. The maximum atomic E-state index is 4.22. The molecule has 0 atom stereocenters. The van der Waals surface area contributed by atoms with Crippen molar-refractivity contribution in [3.05, 3.63) is 0 Å². The summed E-state index contributed by atoms with van der Waals surface area (Å²) in [4.78, 5) is 0. The normalized spacial score (nSPS) is 16.6. The Morgan fingerprint density at radius 1 is 0.923 bits per heavy atom. The molecule has 7 heteroatoms. The zero-order valence-electron chi connectivity index (χ0n) is 6.87. The van der Waals surface area contributed by atoms with Gasteiger partial charge in [0.1, 0.15) is 0 Å². The molecule has 2 nitrogen and oxygen atoms in total. The molecule has 1 aliphatic heterocycles. The molecule has 1 rings (SSSR count). The van der Waals surface area contributed by atoms with E-state index in [9.17, 15) is 0 Å². The van der Waals surface area contributed by atoms with Crippen LogP contribution in [0, 0.1) is 0 Å². The van der Waals surface area contributed by atoms with Gasteiger partial charge in [-0.3, -0.25) is 0 Å². The average molecular weight is 305 g/mol. The van der Waals surface area contributed by atoms with Crippen molar-refractivity contribution in [3.8, 4) is 0 Å². The van der Waals surface area contributed by atoms with Crippen LogP contribution in [0.4, 0.5) is 0 Å². The van der Waals surface area contributed by atoms with Crippen LogP contribution in [0.1, 0.15) is 0 Å². The van der Waals surface area contributed by atoms with Crippen LogP contribution in [0.3, 0.4) is 0 Å². The van der Waals surface area contributed by atoms with Crippen LogP contribution < -0.4 is 0 Å². The van der Waals surface area contributed by atoms with E-state index < -0.39 is 0 Å². The standard InChI is InChI=1S/C6H10N2S4.Cu/c9-5(10)7-1-2-8(4-3-7)6(11)12;/h1-4H2,(H2,9,10,11,12);/q;+2/p+3. The van der Waals surface area contributed by atoms with Gasteiger partial charge in [0, 0.05) is 0 Å². The van der Waals surface area contributed by atoms with Crippen LogP contribution in [0.25, 0.3) is 0 Å². The third kappa shape index (κ3) is 4.53. The van der Waals surface area contributed by atoms with Crippen LogP contribution in [-0.2, 0) is 29.7 Å². The quantitative estimate of drug-likeness (QED) is 0.175. The predicted octanol–water partition coefficient (Wildman–Crippen LogP) is -0.465. The summed E-state index contributed by atoms with van der Waals surface area (Å²) in [6, 6.07) is 0. The Morgan fingerprint density at radius 2 is 1.31 bits per heavy atom. The van der Waals surface area contributed by atoms with Crippen molar-refractivity contribution in [2.45, 2.75) is 0 Å². The summed E-state index contributed by atoms with van der Waals surface area (Å²) in [5, 5.41) is 0. The summed E-state index contributed by atoms with van der Waals surface area (Å²) in [6.07, 6.45) is 0. The molecule has 0 N–H and O–H groups in total. The summed E-state index contributed by atoms with van der Waals surface area (Å²) in [6.45, 7) is 3.84. The van der Waals surface area contributed by atoms with E-state index in [0.29, 0.717) is 0 Å². The molecule has 1 heterocycles. The molecule has 1 radical (unpaired) electrons. The van der Waals surface area contributed by atoms with Gasteiger partial charge >= 0.3 is 21.4 Å². The molecule has 0 saturated carbocycles. The van der Waals surface area contributed by atoms with Crippen LogP contribution in [0.5, 0.6) is 0 Å². The Labute approximate surface area is 111 Å². The van der Waals surface area contributed by atoms with Gasteiger partial charge in [-0.25, -0.2) is 4.58 Å². The maximum Gasteiger partial charge on any atom is 2.00 e. The van der Waals surface area contributed by atoms with Crippen molar-refractivity contribution >= 4 is 59.3 Å². The molecule has 1 aliphatic rings. The molecular weight excluding hydrogens is 292 g/mol. The second kappa shape index (κ2) is 6.69. The smallest absolute Gasteiger partial charge is 0.206 e. The molecule has 0 aliphatic carbocycles. The first-order valence-corrected chi connectivity index (χ1v) is 5.47.